The summed E-state index contributed by atoms with van der Waals surface area (Å²) in [6, 6.07) is 16.1. The Labute approximate surface area is 221 Å². The first kappa shape index (κ1) is 31.3. The van der Waals surface area contributed by atoms with Gasteiger partial charge in [0.2, 0.25) is 18.0 Å². The zero-order chi connectivity index (χ0) is 29.4. The van der Waals surface area contributed by atoms with E-state index in [9.17, 15) is 40.7 Å². The van der Waals surface area contributed by atoms with E-state index in [1.54, 1.807) is 48.5 Å². The first-order valence-electron chi connectivity index (χ1n) is 11.8. The van der Waals surface area contributed by atoms with Gasteiger partial charge >= 0.3 is 12.4 Å². The fraction of sp³-hybridized carbons (Fsp3) is 0.385. The molecule has 2 unspecified atom stereocenters. The van der Waals surface area contributed by atoms with Crippen LogP contribution in [0.5, 0.6) is 0 Å². The number of amides is 3. The zero-order valence-corrected chi connectivity index (χ0v) is 21.1. The van der Waals surface area contributed by atoms with Crippen molar-refractivity contribution in [1.82, 2.24) is 5.32 Å². The van der Waals surface area contributed by atoms with Crippen molar-refractivity contribution in [1.29, 1.82) is 0 Å². The third-order valence-corrected chi connectivity index (χ3v) is 5.66. The van der Waals surface area contributed by atoms with Crippen LogP contribution < -0.4 is 16.0 Å². The van der Waals surface area contributed by atoms with Crippen molar-refractivity contribution in [3.05, 3.63) is 65.7 Å². The average molecular weight is 559 g/mol. The number of anilines is 1. The lowest BCUT2D eigenvalue weighted by molar-refractivity contribution is -0.143. The number of carbonyl (C=O) groups is 3. The summed E-state index contributed by atoms with van der Waals surface area (Å²) in [6.07, 6.45) is -13.1. The number of nitrogens with zero attached hydrogens (tertiary/aromatic N) is 2. The van der Waals surface area contributed by atoms with Crippen LogP contribution in [0.25, 0.3) is 0 Å². The molecule has 1 heterocycles. The number of hydrogen-bond acceptors (Lipinski definition) is 4. The number of benzene rings is 2. The molecule has 1 aliphatic heterocycles. The minimum Gasteiger partial charge on any atom is -0.370 e. The van der Waals surface area contributed by atoms with E-state index >= 15 is 0 Å². The van der Waals surface area contributed by atoms with Gasteiger partial charge in [-0.05, 0) is 12.5 Å². The van der Waals surface area contributed by atoms with E-state index in [2.05, 4.69) is 10.3 Å². The summed E-state index contributed by atoms with van der Waals surface area (Å²) >= 11 is 0. The zero-order valence-electron chi connectivity index (χ0n) is 21.1. The number of hydrogen-bond donors (Lipinski definition) is 2. The first-order valence-corrected chi connectivity index (χ1v) is 11.8. The summed E-state index contributed by atoms with van der Waals surface area (Å²) < 4.78 is 70.5. The minimum atomic E-state index is -4.51. The molecule has 2 aromatic rings. The SMILES string of the molecule is CCC(F)(F)F.CN1C(=O)C(NC(=O)C(CCC(F)(F)F)CC(N)=O)N=C(c2ccccc2)c2ccccc21. The maximum Gasteiger partial charge on any atom is 0.389 e. The van der Waals surface area contributed by atoms with Crippen LogP contribution in [0.4, 0.5) is 32.0 Å². The molecule has 0 saturated heterocycles. The summed E-state index contributed by atoms with van der Waals surface area (Å²) in [4.78, 5) is 43.1. The number of aliphatic imine (C=N–C) groups is 1. The number of benzodiazepines with no additional fused rings is 1. The second-order valence-electron chi connectivity index (χ2n) is 8.66. The molecule has 1 aliphatic rings. The smallest absolute Gasteiger partial charge is 0.370 e. The molecule has 39 heavy (non-hydrogen) atoms. The fourth-order valence-corrected chi connectivity index (χ4v) is 3.60. The van der Waals surface area contributed by atoms with Crippen molar-refractivity contribution in [3.63, 3.8) is 0 Å². The topological polar surface area (TPSA) is 105 Å². The van der Waals surface area contributed by atoms with E-state index in [0.717, 1.165) is 6.92 Å². The lowest BCUT2D eigenvalue weighted by Gasteiger charge is -2.23. The van der Waals surface area contributed by atoms with E-state index in [-0.39, 0.29) is 0 Å². The summed E-state index contributed by atoms with van der Waals surface area (Å²) in [5.41, 5.74) is 7.48. The van der Waals surface area contributed by atoms with E-state index in [1.165, 1.54) is 11.9 Å². The van der Waals surface area contributed by atoms with Gasteiger partial charge in [-0.2, -0.15) is 26.3 Å². The number of para-hydroxylation sites is 1. The highest BCUT2D eigenvalue weighted by atomic mass is 19.4. The number of carbonyl (C=O) groups excluding carboxylic acids is 3. The van der Waals surface area contributed by atoms with Crippen LogP contribution in [-0.2, 0) is 14.4 Å². The Kier molecular flexibility index (Phi) is 10.6. The third kappa shape index (κ3) is 9.73. The highest BCUT2D eigenvalue weighted by Crippen LogP contribution is 2.28. The first-order chi connectivity index (χ1) is 18.1. The van der Waals surface area contributed by atoms with Crippen LogP contribution in [-0.4, -0.2) is 49.0 Å². The lowest BCUT2D eigenvalue weighted by atomic mass is 9.97. The third-order valence-electron chi connectivity index (χ3n) is 5.66. The molecule has 13 heteroatoms. The van der Waals surface area contributed by atoms with Gasteiger partial charge in [-0.1, -0.05) is 55.5 Å². The summed E-state index contributed by atoms with van der Waals surface area (Å²) in [5.74, 6) is -3.73. The molecule has 0 fully saturated rings. The predicted octanol–water partition coefficient (Wildman–Crippen LogP) is 4.74. The lowest BCUT2D eigenvalue weighted by Crippen LogP contribution is -2.48. The minimum absolute atomic E-state index is 0.441. The molecule has 212 valence electrons. The number of fused-ring (bicyclic) bond motifs is 1. The molecule has 2 atom stereocenters. The van der Waals surface area contributed by atoms with Crippen molar-refractivity contribution >= 4 is 29.1 Å². The van der Waals surface area contributed by atoms with Gasteiger partial charge in [0.05, 0.1) is 11.4 Å². The monoisotopic (exact) mass is 558 g/mol. The maximum atomic E-state index is 13.1. The molecule has 0 radical (unpaired) electrons. The Balaban J connectivity index is 0.000000798. The van der Waals surface area contributed by atoms with Crippen LogP contribution in [0, 0.1) is 5.92 Å². The Morgan fingerprint density at radius 1 is 1.00 bits per heavy atom. The Bertz CT molecular complexity index is 1180. The molecule has 0 spiro atoms. The number of alkyl halides is 6. The molecule has 0 aromatic heterocycles. The quantitative estimate of drug-likeness (QED) is 0.480. The van der Waals surface area contributed by atoms with Crippen LogP contribution in [0.2, 0.25) is 0 Å². The molecule has 3 rings (SSSR count). The largest absolute Gasteiger partial charge is 0.389 e. The van der Waals surface area contributed by atoms with E-state index in [0.29, 0.717) is 22.5 Å². The second-order valence-corrected chi connectivity index (χ2v) is 8.66. The van der Waals surface area contributed by atoms with Gasteiger partial charge in [0.15, 0.2) is 0 Å². The molecule has 7 nitrogen and oxygen atoms in total. The molecule has 3 amide bonds. The number of likely N-dealkylation sites (N-methyl/N-ethyl adjacent to an activating group) is 1. The highest BCUT2D eigenvalue weighted by molar-refractivity contribution is 6.20. The molecule has 0 aliphatic carbocycles. The van der Waals surface area contributed by atoms with Gasteiger partial charge in [-0.25, -0.2) is 4.99 Å². The van der Waals surface area contributed by atoms with Crippen molar-refractivity contribution in [2.45, 2.75) is 51.1 Å². The van der Waals surface area contributed by atoms with E-state index in [1.807, 2.05) is 6.07 Å². The Morgan fingerprint density at radius 2 is 1.56 bits per heavy atom. The van der Waals surface area contributed by atoms with Crippen molar-refractivity contribution in [3.8, 4) is 0 Å². The standard InChI is InChI=1S/C23H23F3N4O3.C3H5F3/c1-30-17-10-6-5-9-16(17)19(14-7-3-2-4-8-14)28-20(22(30)33)29-21(32)15(13-18(27)31)11-12-23(24,25)26;1-2-3(4,5)6/h2-10,15,20H,11-13H2,1H3,(H2,27,31)(H,29,32);2H2,1H3. The summed E-state index contributed by atoms with van der Waals surface area (Å²) in [5, 5.41) is 2.42. The second kappa shape index (κ2) is 13.3. The van der Waals surface area contributed by atoms with Gasteiger partial charge < -0.3 is 16.0 Å². The number of rotatable bonds is 7. The number of nitrogens with one attached hydrogen (secondary N) is 1. The molecule has 2 aromatic carbocycles. The molecular formula is C26H28F6N4O3. The predicted molar refractivity (Wildman–Crippen MR) is 133 cm³/mol. The van der Waals surface area contributed by atoms with Gasteiger partial charge in [0, 0.05) is 43.4 Å². The number of halogens is 6. The Hall–Kier alpha value is -3.90. The maximum absolute atomic E-state index is 13.1. The van der Waals surface area contributed by atoms with Crippen molar-refractivity contribution in [2.24, 2.45) is 16.6 Å². The van der Waals surface area contributed by atoms with Crippen molar-refractivity contribution in [2.75, 3.05) is 11.9 Å². The fourth-order valence-electron chi connectivity index (χ4n) is 3.60. The van der Waals surface area contributed by atoms with Crippen molar-refractivity contribution < 1.29 is 40.7 Å². The summed E-state index contributed by atoms with van der Waals surface area (Å²) in [7, 11) is 1.52. The van der Waals surface area contributed by atoms with Crippen LogP contribution in [0.3, 0.4) is 0 Å². The van der Waals surface area contributed by atoms with Gasteiger partial charge in [0.25, 0.3) is 5.91 Å². The average Bonchev–Trinajstić information content (AvgIpc) is 2.97. The van der Waals surface area contributed by atoms with Gasteiger partial charge in [-0.15, -0.1) is 0 Å². The number of nitrogens with two attached hydrogens (primary N) is 1. The summed E-state index contributed by atoms with van der Waals surface area (Å²) in [6.45, 7) is 1.08. The van der Waals surface area contributed by atoms with Gasteiger partial charge in [-0.3, -0.25) is 14.4 Å². The van der Waals surface area contributed by atoms with Crippen LogP contribution in [0.1, 0.15) is 43.7 Å². The van der Waals surface area contributed by atoms with E-state index in [4.69, 9.17) is 5.73 Å². The Morgan fingerprint density at radius 3 is 2.10 bits per heavy atom. The van der Waals surface area contributed by atoms with Crippen LogP contribution >= 0.6 is 0 Å². The molecule has 3 N–H and O–H groups in total. The highest BCUT2D eigenvalue weighted by Gasteiger charge is 2.35. The number of primary amides is 1. The van der Waals surface area contributed by atoms with Gasteiger partial charge in [0.1, 0.15) is 0 Å². The molecule has 0 bridgehead atoms. The molecule has 0 saturated carbocycles. The van der Waals surface area contributed by atoms with Crippen LogP contribution in [0.15, 0.2) is 59.6 Å². The molecular weight excluding hydrogens is 530 g/mol. The van der Waals surface area contributed by atoms with E-state index < -0.39 is 67.8 Å². The normalized spacial score (nSPS) is 16.2.